The van der Waals surface area contributed by atoms with Crippen LogP contribution < -0.4 is 0 Å². The molecule has 0 aromatic heterocycles. The van der Waals surface area contributed by atoms with Crippen LogP contribution in [0.4, 0.5) is 0 Å². The third kappa shape index (κ3) is 6.26. The Morgan fingerprint density at radius 2 is 1.87 bits per heavy atom. The van der Waals surface area contributed by atoms with Crippen molar-refractivity contribution in [2.75, 3.05) is 7.11 Å². The van der Waals surface area contributed by atoms with Crippen LogP contribution in [-0.4, -0.2) is 18.9 Å². The molecule has 0 aliphatic heterocycles. The second-order valence-electron chi connectivity index (χ2n) is 4.33. The Morgan fingerprint density at radius 3 is 2.27 bits per heavy atom. The summed E-state index contributed by atoms with van der Waals surface area (Å²) in [5, 5.41) is 0. The van der Waals surface area contributed by atoms with Crippen LogP contribution >= 0.6 is 0 Å². The number of methoxy groups -OCH3 is 1. The molecule has 0 amide bonds. The standard InChI is InChI=1S/C12H22O3/c1-5-6-10(7-9(2)3)11(13)8-12(14)15-4/h9-10H,5-8H2,1-4H3. The van der Waals surface area contributed by atoms with Crippen LogP contribution in [0.25, 0.3) is 0 Å². The quantitative estimate of drug-likeness (QED) is 0.483. The predicted octanol–water partition coefficient (Wildman–Crippen LogP) is 2.58. The molecule has 0 aliphatic carbocycles. The van der Waals surface area contributed by atoms with E-state index >= 15 is 0 Å². The van der Waals surface area contributed by atoms with Crippen molar-refractivity contribution in [1.82, 2.24) is 0 Å². The predicted molar refractivity (Wildman–Crippen MR) is 59.5 cm³/mol. The van der Waals surface area contributed by atoms with E-state index in [4.69, 9.17) is 0 Å². The molecule has 1 atom stereocenters. The molecule has 88 valence electrons. The molecule has 0 aliphatic rings. The van der Waals surface area contributed by atoms with Crippen molar-refractivity contribution in [1.29, 1.82) is 0 Å². The molecule has 0 saturated carbocycles. The van der Waals surface area contributed by atoms with Gasteiger partial charge in [-0.15, -0.1) is 0 Å². The SMILES string of the molecule is CCCC(CC(C)C)C(=O)CC(=O)OC. The van der Waals surface area contributed by atoms with Crippen LogP contribution in [-0.2, 0) is 14.3 Å². The van der Waals surface area contributed by atoms with Gasteiger partial charge in [-0.2, -0.15) is 0 Å². The van der Waals surface area contributed by atoms with Crippen LogP contribution in [0, 0.1) is 11.8 Å². The number of carbonyl (C=O) groups excluding carboxylic acids is 2. The average Bonchev–Trinajstić information content (AvgIpc) is 2.16. The van der Waals surface area contributed by atoms with Crippen molar-refractivity contribution in [3.8, 4) is 0 Å². The Kier molecular flexibility index (Phi) is 7.01. The molecule has 15 heavy (non-hydrogen) atoms. The first-order valence-electron chi connectivity index (χ1n) is 5.60. The van der Waals surface area contributed by atoms with Gasteiger partial charge in [0.2, 0.25) is 0 Å². The number of hydrogen-bond donors (Lipinski definition) is 0. The third-order valence-electron chi connectivity index (χ3n) is 2.39. The van der Waals surface area contributed by atoms with E-state index in [1.165, 1.54) is 7.11 Å². The molecule has 0 radical (unpaired) electrons. The van der Waals surface area contributed by atoms with Gasteiger partial charge < -0.3 is 4.74 Å². The summed E-state index contributed by atoms with van der Waals surface area (Å²) in [4.78, 5) is 22.7. The lowest BCUT2D eigenvalue weighted by atomic mass is 9.88. The molecule has 0 spiro atoms. The van der Waals surface area contributed by atoms with Gasteiger partial charge in [-0.1, -0.05) is 27.2 Å². The first kappa shape index (κ1) is 14.1. The Bertz CT molecular complexity index is 209. The molecule has 0 aromatic carbocycles. The van der Waals surface area contributed by atoms with Crippen LogP contribution in [0.3, 0.4) is 0 Å². The summed E-state index contributed by atoms with van der Waals surface area (Å²) in [6.07, 6.45) is 2.63. The molecule has 0 rings (SSSR count). The van der Waals surface area contributed by atoms with E-state index in [1.807, 2.05) is 0 Å². The highest BCUT2D eigenvalue weighted by molar-refractivity contribution is 5.96. The smallest absolute Gasteiger partial charge is 0.313 e. The number of carbonyl (C=O) groups is 2. The first-order chi connectivity index (χ1) is 7.01. The summed E-state index contributed by atoms with van der Waals surface area (Å²) in [6, 6.07) is 0. The summed E-state index contributed by atoms with van der Waals surface area (Å²) in [7, 11) is 1.31. The van der Waals surface area contributed by atoms with Gasteiger partial charge in [0.25, 0.3) is 0 Å². The largest absolute Gasteiger partial charge is 0.469 e. The molecule has 1 unspecified atom stereocenters. The molecule has 3 heteroatoms. The van der Waals surface area contributed by atoms with Gasteiger partial charge in [0.15, 0.2) is 0 Å². The maximum absolute atomic E-state index is 11.7. The van der Waals surface area contributed by atoms with Gasteiger partial charge in [-0.25, -0.2) is 0 Å². The maximum Gasteiger partial charge on any atom is 0.313 e. The van der Waals surface area contributed by atoms with Gasteiger partial charge in [0.1, 0.15) is 12.2 Å². The van der Waals surface area contributed by atoms with Gasteiger partial charge in [-0.05, 0) is 18.8 Å². The van der Waals surface area contributed by atoms with Crippen molar-refractivity contribution in [3.05, 3.63) is 0 Å². The number of Topliss-reactive ketones (excluding diaryl/α,β-unsaturated/α-hetero) is 1. The second kappa shape index (κ2) is 7.43. The van der Waals surface area contributed by atoms with Crippen molar-refractivity contribution < 1.29 is 14.3 Å². The Hall–Kier alpha value is -0.860. The molecular formula is C12H22O3. The van der Waals surface area contributed by atoms with E-state index in [9.17, 15) is 9.59 Å². The van der Waals surface area contributed by atoms with Gasteiger partial charge in [-0.3, -0.25) is 9.59 Å². The molecule has 3 nitrogen and oxygen atoms in total. The fraction of sp³-hybridized carbons (Fsp3) is 0.833. The van der Waals surface area contributed by atoms with Gasteiger partial charge in [0, 0.05) is 5.92 Å². The van der Waals surface area contributed by atoms with Crippen LogP contribution in [0.2, 0.25) is 0 Å². The highest BCUT2D eigenvalue weighted by Crippen LogP contribution is 2.19. The summed E-state index contributed by atoms with van der Waals surface area (Å²) >= 11 is 0. The van der Waals surface area contributed by atoms with E-state index in [0.29, 0.717) is 5.92 Å². The number of ketones is 1. The van der Waals surface area contributed by atoms with Gasteiger partial charge >= 0.3 is 5.97 Å². The first-order valence-corrected chi connectivity index (χ1v) is 5.60. The highest BCUT2D eigenvalue weighted by Gasteiger charge is 2.21. The fourth-order valence-corrected chi connectivity index (χ4v) is 1.69. The van der Waals surface area contributed by atoms with Crippen LogP contribution in [0.1, 0.15) is 46.5 Å². The maximum atomic E-state index is 11.7. The van der Waals surface area contributed by atoms with Crippen molar-refractivity contribution >= 4 is 11.8 Å². The molecule has 0 bridgehead atoms. The van der Waals surface area contributed by atoms with Crippen LogP contribution in [0.5, 0.6) is 0 Å². The van der Waals surface area contributed by atoms with E-state index in [1.54, 1.807) is 0 Å². The zero-order valence-electron chi connectivity index (χ0n) is 10.2. The molecule has 0 N–H and O–H groups in total. The normalized spacial score (nSPS) is 12.6. The summed E-state index contributed by atoms with van der Waals surface area (Å²) < 4.78 is 4.49. The van der Waals surface area contributed by atoms with E-state index < -0.39 is 5.97 Å². The van der Waals surface area contributed by atoms with E-state index in [0.717, 1.165) is 19.3 Å². The van der Waals surface area contributed by atoms with Crippen molar-refractivity contribution in [2.45, 2.75) is 46.5 Å². The average molecular weight is 214 g/mol. The Labute approximate surface area is 92.2 Å². The molecule has 0 fully saturated rings. The fourth-order valence-electron chi connectivity index (χ4n) is 1.69. The number of esters is 1. The zero-order valence-corrected chi connectivity index (χ0v) is 10.2. The lowest BCUT2D eigenvalue weighted by Crippen LogP contribution is -2.20. The molecule has 0 heterocycles. The minimum atomic E-state index is -0.426. The van der Waals surface area contributed by atoms with E-state index in [2.05, 4.69) is 25.5 Å². The monoisotopic (exact) mass is 214 g/mol. The second-order valence-corrected chi connectivity index (χ2v) is 4.33. The summed E-state index contributed by atoms with van der Waals surface area (Å²) in [5.41, 5.74) is 0. The Balaban J connectivity index is 4.21. The van der Waals surface area contributed by atoms with Crippen LogP contribution in [0.15, 0.2) is 0 Å². The minimum Gasteiger partial charge on any atom is -0.469 e. The van der Waals surface area contributed by atoms with Crippen molar-refractivity contribution in [3.63, 3.8) is 0 Å². The number of ether oxygens (including phenoxy) is 1. The third-order valence-corrected chi connectivity index (χ3v) is 2.39. The lowest BCUT2D eigenvalue weighted by Gasteiger charge is -2.16. The highest BCUT2D eigenvalue weighted by atomic mass is 16.5. The number of rotatable bonds is 7. The molecule has 0 saturated heterocycles. The topological polar surface area (TPSA) is 43.4 Å². The minimum absolute atomic E-state index is 0.0223. The number of hydrogen-bond acceptors (Lipinski definition) is 3. The van der Waals surface area contributed by atoms with Crippen molar-refractivity contribution in [2.24, 2.45) is 11.8 Å². The summed E-state index contributed by atoms with van der Waals surface area (Å²) in [6.45, 7) is 6.24. The molecular weight excluding hydrogens is 192 g/mol. The van der Waals surface area contributed by atoms with Gasteiger partial charge in [0.05, 0.1) is 7.11 Å². The lowest BCUT2D eigenvalue weighted by molar-refractivity contribution is -0.144. The Morgan fingerprint density at radius 1 is 1.27 bits per heavy atom. The molecule has 0 aromatic rings. The summed E-state index contributed by atoms with van der Waals surface area (Å²) in [5.74, 6) is 0.111. The van der Waals surface area contributed by atoms with E-state index in [-0.39, 0.29) is 18.1 Å². The zero-order chi connectivity index (χ0) is 11.8.